The van der Waals surface area contributed by atoms with Crippen molar-refractivity contribution < 1.29 is 19.4 Å². The van der Waals surface area contributed by atoms with Crippen LogP contribution in [0, 0.1) is 6.92 Å². The van der Waals surface area contributed by atoms with Gasteiger partial charge < -0.3 is 20.6 Å². The quantitative estimate of drug-likeness (QED) is 0.678. The van der Waals surface area contributed by atoms with Crippen LogP contribution in [-0.2, 0) is 11.2 Å². The van der Waals surface area contributed by atoms with E-state index in [2.05, 4.69) is 4.98 Å². The molecule has 4 N–H and O–H groups in total. The average molecular weight is 268 g/mol. The number of carboxylic acid groups (broad SMARTS) is 1. The van der Waals surface area contributed by atoms with Gasteiger partial charge >= 0.3 is 11.9 Å². The van der Waals surface area contributed by atoms with Crippen LogP contribution in [0.2, 0.25) is 0 Å². The molecule has 19 heavy (non-hydrogen) atoms. The summed E-state index contributed by atoms with van der Waals surface area (Å²) in [6.45, 7) is 5.47. The number of aromatic amines is 1. The molecule has 0 saturated carbocycles. The highest BCUT2D eigenvalue weighted by Gasteiger charge is 2.25. The van der Waals surface area contributed by atoms with E-state index in [4.69, 9.17) is 15.6 Å². The van der Waals surface area contributed by atoms with Gasteiger partial charge in [-0.1, -0.05) is 6.92 Å². The van der Waals surface area contributed by atoms with Crippen LogP contribution in [0.15, 0.2) is 0 Å². The molecule has 0 bridgehead atoms. The Morgan fingerprint density at radius 1 is 1.42 bits per heavy atom. The van der Waals surface area contributed by atoms with E-state index in [0.717, 1.165) is 6.42 Å². The summed E-state index contributed by atoms with van der Waals surface area (Å²) < 4.78 is 4.97. The minimum absolute atomic E-state index is 0.0151. The van der Waals surface area contributed by atoms with E-state index in [-0.39, 0.29) is 18.3 Å². The van der Waals surface area contributed by atoms with Crippen molar-refractivity contribution in [2.24, 2.45) is 5.73 Å². The first-order chi connectivity index (χ1) is 8.92. The van der Waals surface area contributed by atoms with Gasteiger partial charge in [0.1, 0.15) is 5.69 Å². The number of carboxylic acids is 1. The van der Waals surface area contributed by atoms with Gasteiger partial charge in [-0.2, -0.15) is 0 Å². The van der Waals surface area contributed by atoms with Gasteiger partial charge in [0.2, 0.25) is 0 Å². The summed E-state index contributed by atoms with van der Waals surface area (Å²) in [6.07, 6.45) is 1.15. The monoisotopic (exact) mass is 268 g/mol. The van der Waals surface area contributed by atoms with Gasteiger partial charge in [-0.25, -0.2) is 9.59 Å². The predicted molar refractivity (Wildman–Crippen MR) is 70.4 cm³/mol. The van der Waals surface area contributed by atoms with Gasteiger partial charge in [-0.05, 0) is 25.8 Å². The molecule has 106 valence electrons. The SMILES string of the molecule is CCOC(=O)c1c(CC(N)CC)[nH]c(C(=O)O)c1C. The number of hydrogen-bond donors (Lipinski definition) is 3. The molecule has 0 aliphatic carbocycles. The van der Waals surface area contributed by atoms with E-state index < -0.39 is 11.9 Å². The Hall–Kier alpha value is -1.82. The number of ether oxygens (including phenoxy) is 1. The maximum absolute atomic E-state index is 11.9. The van der Waals surface area contributed by atoms with Gasteiger partial charge in [0, 0.05) is 18.2 Å². The summed E-state index contributed by atoms with van der Waals surface area (Å²) in [4.78, 5) is 25.8. The van der Waals surface area contributed by atoms with Crippen LogP contribution in [0.25, 0.3) is 0 Å². The van der Waals surface area contributed by atoms with E-state index in [9.17, 15) is 9.59 Å². The lowest BCUT2D eigenvalue weighted by molar-refractivity contribution is 0.0524. The van der Waals surface area contributed by atoms with Crippen LogP contribution in [0.1, 0.15) is 52.4 Å². The predicted octanol–water partition coefficient (Wildman–Crippen LogP) is 1.48. The fraction of sp³-hybridized carbons (Fsp3) is 0.538. The standard InChI is InChI=1S/C13H20N2O4/c1-4-8(14)6-9-10(13(18)19-5-2)7(3)11(15-9)12(16)17/h8,15H,4-6,14H2,1-3H3,(H,16,17). The molecule has 6 nitrogen and oxygen atoms in total. The van der Waals surface area contributed by atoms with Gasteiger partial charge in [0.25, 0.3) is 0 Å². The summed E-state index contributed by atoms with van der Waals surface area (Å²) in [7, 11) is 0. The van der Waals surface area contributed by atoms with Crippen molar-refractivity contribution in [1.29, 1.82) is 0 Å². The van der Waals surface area contributed by atoms with Crippen molar-refractivity contribution >= 4 is 11.9 Å². The normalized spacial score (nSPS) is 12.2. The molecule has 0 spiro atoms. The Kier molecular flexibility index (Phi) is 5.11. The van der Waals surface area contributed by atoms with Crippen LogP contribution >= 0.6 is 0 Å². The van der Waals surface area contributed by atoms with E-state index in [1.165, 1.54) is 0 Å². The maximum atomic E-state index is 11.9. The topological polar surface area (TPSA) is 105 Å². The number of carbonyl (C=O) groups excluding carboxylic acids is 1. The van der Waals surface area contributed by atoms with Crippen LogP contribution in [0.5, 0.6) is 0 Å². The molecule has 1 rings (SSSR count). The average Bonchev–Trinajstić information content (AvgIpc) is 2.66. The highest BCUT2D eigenvalue weighted by atomic mass is 16.5. The lowest BCUT2D eigenvalue weighted by atomic mass is 10.0. The van der Waals surface area contributed by atoms with E-state index in [1.54, 1.807) is 13.8 Å². The second-order valence-corrected chi connectivity index (χ2v) is 4.38. The number of esters is 1. The second kappa shape index (κ2) is 6.38. The first-order valence-corrected chi connectivity index (χ1v) is 6.29. The highest BCUT2D eigenvalue weighted by Crippen LogP contribution is 2.21. The van der Waals surface area contributed by atoms with Crippen LogP contribution in [-0.4, -0.2) is 34.7 Å². The third-order valence-electron chi connectivity index (χ3n) is 3.01. The first-order valence-electron chi connectivity index (χ1n) is 6.29. The molecular weight excluding hydrogens is 248 g/mol. The Morgan fingerprint density at radius 3 is 2.53 bits per heavy atom. The van der Waals surface area contributed by atoms with Crippen molar-refractivity contribution in [1.82, 2.24) is 4.98 Å². The second-order valence-electron chi connectivity index (χ2n) is 4.38. The zero-order valence-electron chi connectivity index (χ0n) is 11.4. The molecule has 0 amide bonds. The van der Waals surface area contributed by atoms with Crippen LogP contribution in [0.3, 0.4) is 0 Å². The summed E-state index contributed by atoms with van der Waals surface area (Å²) >= 11 is 0. The Balaban J connectivity index is 3.23. The molecule has 0 aliphatic heterocycles. The Morgan fingerprint density at radius 2 is 2.05 bits per heavy atom. The number of rotatable bonds is 6. The zero-order valence-corrected chi connectivity index (χ0v) is 11.4. The van der Waals surface area contributed by atoms with E-state index >= 15 is 0 Å². The lowest BCUT2D eigenvalue weighted by Gasteiger charge is -2.09. The number of nitrogens with two attached hydrogens (primary N) is 1. The van der Waals surface area contributed by atoms with Crippen molar-refractivity contribution in [3.05, 3.63) is 22.5 Å². The minimum atomic E-state index is -1.10. The summed E-state index contributed by atoms with van der Waals surface area (Å²) in [5.41, 5.74) is 7.10. The van der Waals surface area contributed by atoms with Gasteiger partial charge in [-0.15, -0.1) is 0 Å². The molecule has 0 saturated heterocycles. The first kappa shape index (κ1) is 15.2. The van der Waals surface area contributed by atoms with Gasteiger partial charge in [0.05, 0.1) is 12.2 Å². The summed E-state index contributed by atoms with van der Waals surface area (Å²) in [6, 6.07) is -0.132. The summed E-state index contributed by atoms with van der Waals surface area (Å²) in [5.74, 6) is -1.61. The molecular formula is C13H20N2O4. The molecule has 1 heterocycles. The van der Waals surface area contributed by atoms with Gasteiger partial charge in [0.15, 0.2) is 0 Å². The molecule has 0 fully saturated rings. The molecule has 1 atom stereocenters. The van der Waals surface area contributed by atoms with Gasteiger partial charge in [-0.3, -0.25) is 0 Å². The van der Waals surface area contributed by atoms with Crippen LogP contribution in [0.4, 0.5) is 0 Å². The number of hydrogen-bond acceptors (Lipinski definition) is 4. The third-order valence-corrected chi connectivity index (χ3v) is 3.01. The number of aromatic nitrogens is 1. The minimum Gasteiger partial charge on any atom is -0.477 e. The highest BCUT2D eigenvalue weighted by molar-refractivity contribution is 5.98. The molecule has 0 radical (unpaired) electrons. The molecule has 1 aromatic heterocycles. The summed E-state index contributed by atoms with van der Waals surface area (Å²) in [5, 5.41) is 9.09. The van der Waals surface area contributed by atoms with E-state index in [0.29, 0.717) is 23.2 Å². The molecule has 0 aromatic carbocycles. The molecule has 0 aliphatic rings. The maximum Gasteiger partial charge on any atom is 0.352 e. The molecule has 1 unspecified atom stereocenters. The third kappa shape index (κ3) is 3.35. The smallest absolute Gasteiger partial charge is 0.352 e. The largest absolute Gasteiger partial charge is 0.477 e. The van der Waals surface area contributed by atoms with Crippen molar-refractivity contribution in [2.45, 2.75) is 39.7 Å². The van der Waals surface area contributed by atoms with Crippen molar-refractivity contribution in [3.8, 4) is 0 Å². The number of aromatic carboxylic acids is 1. The molecule has 1 aromatic rings. The number of nitrogens with one attached hydrogen (secondary N) is 1. The van der Waals surface area contributed by atoms with Crippen molar-refractivity contribution in [2.75, 3.05) is 6.61 Å². The Labute approximate surface area is 111 Å². The fourth-order valence-electron chi connectivity index (χ4n) is 1.91. The lowest BCUT2D eigenvalue weighted by Crippen LogP contribution is -2.23. The van der Waals surface area contributed by atoms with Crippen molar-refractivity contribution in [3.63, 3.8) is 0 Å². The number of carbonyl (C=O) groups is 2. The fourth-order valence-corrected chi connectivity index (χ4v) is 1.91. The number of H-pyrrole nitrogens is 1. The van der Waals surface area contributed by atoms with Crippen LogP contribution < -0.4 is 5.73 Å². The zero-order chi connectivity index (χ0) is 14.6. The van der Waals surface area contributed by atoms with E-state index in [1.807, 2.05) is 6.92 Å². The Bertz CT molecular complexity index is 479. The molecule has 6 heteroatoms.